The van der Waals surface area contributed by atoms with Gasteiger partial charge >= 0.3 is 0 Å². The van der Waals surface area contributed by atoms with Crippen LogP contribution in [0.3, 0.4) is 0 Å². The van der Waals surface area contributed by atoms with E-state index >= 15 is 0 Å². The van der Waals surface area contributed by atoms with Gasteiger partial charge in [0.15, 0.2) is 0 Å². The van der Waals surface area contributed by atoms with Crippen molar-refractivity contribution in [2.45, 2.75) is 43.8 Å². The molecule has 2 N–H and O–H groups in total. The molecule has 3 heterocycles. The molecule has 2 saturated heterocycles. The topological polar surface area (TPSA) is 72.1 Å². The molecule has 0 aliphatic carbocycles. The molecule has 2 aliphatic heterocycles. The average molecular weight is 282 g/mol. The average Bonchev–Trinajstić information content (AvgIpc) is 2.78. The van der Waals surface area contributed by atoms with E-state index in [-0.39, 0.29) is 24.0 Å². The highest BCUT2D eigenvalue weighted by Crippen LogP contribution is 2.35. The van der Waals surface area contributed by atoms with Crippen LogP contribution in [-0.2, 0) is 0 Å². The van der Waals surface area contributed by atoms with Crippen LogP contribution in [0.25, 0.3) is 11.0 Å². The SMILES string of the molecule is NC1CC2CCC(C1)N2C(=O)c1cnc2ccccc2n1. The molecule has 2 aromatic rings. The van der Waals surface area contributed by atoms with Crippen molar-refractivity contribution in [3.05, 3.63) is 36.2 Å². The lowest BCUT2D eigenvalue weighted by molar-refractivity contribution is 0.0569. The van der Waals surface area contributed by atoms with Gasteiger partial charge in [-0.2, -0.15) is 0 Å². The summed E-state index contributed by atoms with van der Waals surface area (Å²) in [4.78, 5) is 23.6. The maximum atomic E-state index is 12.8. The van der Waals surface area contributed by atoms with Crippen molar-refractivity contribution in [3.63, 3.8) is 0 Å². The van der Waals surface area contributed by atoms with E-state index in [0.29, 0.717) is 5.69 Å². The minimum absolute atomic E-state index is 0.00709. The Hall–Kier alpha value is -2.01. The summed E-state index contributed by atoms with van der Waals surface area (Å²) in [6, 6.07) is 8.41. The van der Waals surface area contributed by atoms with Gasteiger partial charge in [-0.05, 0) is 37.8 Å². The Balaban J connectivity index is 1.67. The Labute approximate surface area is 123 Å². The molecule has 0 radical (unpaired) electrons. The fourth-order valence-electron chi connectivity index (χ4n) is 3.74. The van der Waals surface area contributed by atoms with E-state index in [0.717, 1.165) is 36.7 Å². The number of rotatable bonds is 1. The first-order valence-electron chi connectivity index (χ1n) is 7.52. The second-order valence-corrected chi connectivity index (χ2v) is 6.07. The van der Waals surface area contributed by atoms with Crippen LogP contribution in [0.1, 0.15) is 36.2 Å². The zero-order valence-corrected chi connectivity index (χ0v) is 11.8. The fraction of sp³-hybridized carbons (Fsp3) is 0.438. The number of carbonyl (C=O) groups excluding carboxylic acids is 1. The first kappa shape index (κ1) is 12.7. The number of fused-ring (bicyclic) bond motifs is 3. The number of hydrogen-bond donors (Lipinski definition) is 1. The number of amides is 1. The molecule has 108 valence electrons. The molecule has 2 aliphatic rings. The van der Waals surface area contributed by atoms with Gasteiger partial charge in [0, 0.05) is 18.1 Å². The van der Waals surface area contributed by atoms with Gasteiger partial charge in [0.25, 0.3) is 5.91 Å². The molecule has 21 heavy (non-hydrogen) atoms. The van der Waals surface area contributed by atoms with Gasteiger partial charge in [-0.1, -0.05) is 12.1 Å². The number of nitrogens with two attached hydrogens (primary N) is 1. The van der Waals surface area contributed by atoms with Gasteiger partial charge in [-0.3, -0.25) is 9.78 Å². The summed E-state index contributed by atoms with van der Waals surface area (Å²) in [5, 5.41) is 0. The van der Waals surface area contributed by atoms with E-state index < -0.39 is 0 Å². The summed E-state index contributed by atoms with van der Waals surface area (Å²) in [6.45, 7) is 0. The van der Waals surface area contributed by atoms with Crippen LogP contribution >= 0.6 is 0 Å². The van der Waals surface area contributed by atoms with Crippen LogP contribution in [-0.4, -0.2) is 38.9 Å². The Morgan fingerprint density at radius 3 is 2.52 bits per heavy atom. The molecule has 2 atom stereocenters. The van der Waals surface area contributed by atoms with Crippen LogP contribution in [0.2, 0.25) is 0 Å². The number of carbonyl (C=O) groups is 1. The highest BCUT2D eigenvalue weighted by atomic mass is 16.2. The van der Waals surface area contributed by atoms with Gasteiger partial charge in [0.05, 0.1) is 17.2 Å². The van der Waals surface area contributed by atoms with E-state index in [2.05, 4.69) is 9.97 Å². The normalized spacial score (nSPS) is 28.0. The van der Waals surface area contributed by atoms with Crippen LogP contribution in [0.4, 0.5) is 0 Å². The summed E-state index contributed by atoms with van der Waals surface area (Å²) >= 11 is 0. The number of nitrogens with zero attached hydrogens (tertiary/aromatic N) is 3. The number of aromatic nitrogens is 2. The van der Waals surface area contributed by atoms with Gasteiger partial charge in [-0.25, -0.2) is 4.98 Å². The number of hydrogen-bond acceptors (Lipinski definition) is 4. The Morgan fingerprint density at radius 2 is 1.81 bits per heavy atom. The van der Waals surface area contributed by atoms with Crippen molar-refractivity contribution >= 4 is 16.9 Å². The van der Waals surface area contributed by atoms with Gasteiger partial charge in [0.1, 0.15) is 5.69 Å². The Kier molecular flexibility index (Phi) is 2.89. The van der Waals surface area contributed by atoms with Crippen molar-refractivity contribution < 1.29 is 4.79 Å². The lowest BCUT2D eigenvalue weighted by atomic mass is 9.98. The van der Waals surface area contributed by atoms with Crippen molar-refractivity contribution in [2.75, 3.05) is 0 Å². The van der Waals surface area contributed by atoms with Crippen LogP contribution < -0.4 is 5.73 Å². The van der Waals surface area contributed by atoms with Crippen molar-refractivity contribution in [2.24, 2.45) is 5.73 Å². The van der Waals surface area contributed by atoms with Gasteiger partial charge in [-0.15, -0.1) is 0 Å². The second-order valence-electron chi connectivity index (χ2n) is 6.07. The third-order valence-electron chi connectivity index (χ3n) is 4.67. The van der Waals surface area contributed by atoms with Crippen LogP contribution in [0, 0.1) is 0 Å². The molecule has 5 nitrogen and oxygen atoms in total. The monoisotopic (exact) mass is 282 g/mol. The molecule has 0 spiro atoms. The zero-order valence-electron chi connectivity index (χ0n) is 11.8. The Bertz CT molecular complexity index is 687. The molecule has 0 saturated carbocycles. The molecule has 4 rings (SSSR count). The summed E-state index contributed by atoms with van der Waals surface area (Å²) in [5.74, 6) is 0.00709. The van der Waals surface area contributed by atoms with Crippen molar-refractivity contribution in [1.29, 1.82) is 0 Å². The molecule has 2 bridgehead atoms. The predicted octanol–water partition coefficient (Wildman–Crippen LogP) is 1.72. The van der Waals surface area contributed by atoms with E-state index in [4.69, 9.17) is 5.73 Å². The minimum Gasteiger partial charge on any atom is -0.331 e. The lowest BCUT2D eigenvalue weighted by Crippen LogP contribution is -2.50. The summed E-state index contributed by atoms with van der Waals surface area (Å²) in [6.07, 6.45) is 5.53. The first-order valence-corrected chi connectivity index (χ1v) is 7.52. The molecule has 1 amide bonds. The standard InChI is InChI=1S/C16H18N4O/c17-10-7-11-5-6-12(8-10)20(11)16(21)15-9-18-13-3-1-2-4-14(13)19-15/h1-4,9-12H,5-8,17H2. The summed E-state index contributed by atoms with van der Waals surface area (Å²) in [5.41, 5.74) is 8.10. The van der Waals surface area contributed by atoms with E-state index in [1.807, 2.05) is 29.2 Å². The largest absolute Gasteiger partial charge is 0.331 e. The molecular weight excluding hydrogens is 264 g/mol. The quantitative estimate of drug-likeness (QED) is 0.864. The number of benzene rings is 1. The Morgan fingerprint density at radius 1 is 1.14 bits per heavy atom. The highest BCUT2D eigenvalue weighted by molar-refractivity contribution is 5.94. The summed E-state index contributed by atoms with van der Waals surface area (Å²) in [7, 11) is 0. The van der Waals surface area contributed by atoms with Crippen molar-refractivity contribution in [1.82, 2.24) is 14.9 Å². The first-order chi connectivity index (χ1) is 10.2. The lowest BCUT2D eigenvalue weighted by Gasteiger charge is -2.37. The van der Waals surface area contributed by atoms with E-state index in [9.17, 15) is 4.79 Å². The molecule has 2 unspecified atom stereocenters. The third kappa shape index (κ3) is 2.08. The molecular formula is C16H18N4O. The minimum atomic E-state index is 0.00709. The zero-order chi connectivity index (χ0) is 14.4. The number of para-hydroxylation sites is 2. The maximum absolute atomic E-state index is 12.8. The maximum Gasteiger partial charge on any atom is 0.274 e. The van der Waals surface area contributed by atoms with Crippen LogP contribution in [0.5, 0.6) is 0 Å². The molecule has 1 aromatic carbocycles. The van der Waals surface area contributed by atoms with Crippen molar-refractivity contribution in [3.8, 4) is 0 Å². The predicted molar refractivity (Wildman–Crippen MR) is 79.7 cm³/mol. The molecule has 1 aromatic heterocycles. The highest BCUT2D eigenvalue weighted by Gasteiger charge is 2.42. The van der Waals surface area contributed by atoms with Crippen LogP contribution in [0.15, 0.2) is 30.5 Å². The molecule has 5 heteroatoms. The third-order valence-corrected chi connectivity index (χ3v) is 4.67. The van der Waals surface area contributed by atoms with Gasteiger partial charge in [0.2, 0.25) is 0 Å². The summed E-state index contributed by atoms with van der Waals surface area (Å²) < 4.78 is 0. The number of piperidine rings is 1. The van der Waals surface area contributed by atoms with E-state index in [1.54, 1.807) is 6.20 Å². The fourth-order valence-corrected chi connectivity index (χ4v) is 3.74. The smallest absolute Gasteiger partial charge is 0.274 e. The van der Waals surface area contributed by atoms with E-state index in [1.165, 1.54) is 0 Å². The van der Waals surface area contributed by atoms with Gasteiger partial charge < -0.3 is 10.6 Å². The molecule has 2 fully saturated rings. The second kappa shape index (κ2) is 4.77.